The molecule has 20 heavy (non-hydrogen) atoms. The first-order valence-corrected chi connectivity index (χ1v) is 5.73. The summed E-state index contributed by atoms with van der Waals surface area (Å²) in [5.74, 6) is -0.123. The van der Waals surface area contributed by atoms with Crippen LogP contribution in [-0.2, 0) is 6.61 Å². The van der Waals surface area contributed by atoms with E-state index < -0.39 is 10.8 Å². The van der Waals surface area contributed by atoms with Crippen molar-refractivity contribution in [2.24, 2.45) is 0 Å². The number of nitro groups is 1. The van der Waals surface area contributed by atoms with E-state index in [9.17, 15) is 14.9 Å². The topological polar surface area (TPSA) is 105 Å². The number of aliphatic hydroxyl groups is 1. The Morgan fingerprint density at radius 1 is 1.25 bits per heavy atom. The Morgan fingerprint density at radius 2 is 1.95 bits per heavy atom. The van der Waals surface area contributed by atoms with Crippen molar-refractivity contribution >= 4 is 17.4 Å². The van der Waals surface area contributed by atoms with Crippen molar-refractivity contribution < 1.29 is 14.8 Å². The summed E-state index contributed by atoms with van der Waals surface area (Å²) in [7, 11) is 0. The van der Waals surface area contributed by atoms with E-state index in [-0.39, 0.29) is 17.9 Å². The number of non-ortho nitro benzene ring substituents is 1. The number of nitrogens with zero attached hydrogens (tertiary/aromatic N) is 2. The summed E-state index contributed by atoms with van der Waals surface area (Å²) in [6, 6.07) is 10.1. The molecule has 1 heterocycles. The van der Waals surface area contributed by atoms with Gasteiger partial charge in [0.05, 0.1) is 17.2 Å². The fourth-order valence-electron chi connectivity index (χ4n) is 1.56. The minimum absolute atomic E-state index is 0.0815. The van der Waals surface area contributed by atoms with Crippen molar-refractivity contribution in [3.63, 3.8) is 0 Å². The number of pyridine rings is 1. The summed E-state index contributed by atoms with van der Waals surface area (Å²) in [6.45, 7) is -0.221. The van der Waals surface area contributed by atoms with Crippen LogP contribution >= 0.6 is 0 Å². The number of hydrogen-bond acceptors (Lipinski definition) is 5. The Kier molecular flexibility index (Phi) is 4.02. The monoisotopic (exact) mass is 273 g/mol. The highest BCUT2D eigenvalue weighted by Crippen LogP contribution is 2.13. The zero-order valence-electron chi connectivity index (χ0n) is 10.3. The first kappa shape index (κ1) is 13.6. The van der Waals surface area contributed by atoms with Crippen LogP contribution in [0.25, 0.3) is 0 Å². The van der Waals surface area contributed by atoms with Crippen LogP contribution in [0, 0.1) is 10.1 Å². The molecule has 7 nitrogen and oxygen atoms in total. The number of nitrogens with one attached hydrogen (secondary N) is 1. The van der Waals surface area contributed by atoms with Gasteiger partial charge in [0.15, 0.2) is 0 Å². The smallest absolute Gasteiger partial charge is 0.269 e. The number of aromatic nitrogens is 1. The van der Waals surface area contributed by atoms with Gasteiger partial charge >= 0.3 is 0 Å². The van der Waals surface area contributed by atoms with E-state index in [1.54, 1.807) is 18.2 Å². The first-order chi connectivity index (χ1) is 9.60. The molecule has 0 fully saturated rings. The molecule has 1 aromatic carbocycles. The lowest BCUT2D eigenvalue weighted by Crippen LogP contribution is -2.13. The number of rotatable bonds is 4. The molecule has 102 valence electrons. The summed E-state index contributed by atoms with van der Waals surface area (Å²) in [6.07, 6.45) is 0. The van der Waals surface area contributed by atoms with E-state index in [1.807, 2.05) is 0 Å². The van der Waals surface area contributed by atoms with Crippen LogP contribution in [-0.4, -0.2) is 20.9 Å². The first-order valence-electron chi connectivity index (χ1n) is 5.73. The van der Waals surface area contributed by atoms with Crippen LogP contribution < -0.4 is 5.32 Å². The maximum absolute atomic E-state index is 11.9. The molecule has 0 aliphatic heterocycles. The molecular formula is C13H11N3O4. The number of aliphatic hydroxyl groups excluding tert-OH is 1. The van der Waals surface area contributed by atoms with E-state index in [0.717, 1.165) is 0 Å². The molecule has 0 saturated heterocycles. The van der Waals surface area contributed by atoms with Crippen LogP contribution in [0.1, 0.15) is 16.1 Å². The Morgan fingerprint density at radius 3 is 2.55 bits per heavy atom. The summed E-state index contributed by atoms with van der Waals surface area (Å²) in [4.78, 5) is 25.9. The number of hydrogen-bond donors (Lipinski definition) is 2. The van der Waals surface area contributed by atoms with E-state index in [2.05, 4.69) is 10.3 Å². The predicted molar refractivity (Wildman–Crippen MR) is 71.2 cm³/mol. The summed E-state index contributed by atoms with van der Waals surface area (Å²) in [5, 5.41) is 22.0. The van der Waals surface area contributed by atoms with Gasteiger partial charge in [-0.3, -0.25) is 14.9 Å². The zero-order chi connectivity index (χ0) is 14.5. The van der Waals surface area contributed by atoms with Crippen LogP contribution in [0.5, 0.6) is 0 Å². The van der Waals surface area contributed by atoms with Crippen molar-refractivity contribution in [1.29, 1.82) is 0 Å². The van der Waals surface area contributed by atoms with Crippen LogP contribution in [0.2, 0.25) is 0 Å². The van der Waals surface area contributed by atoms with E-state index in [0.29, 0.717) is 11.5 Å². The van der Waals surface area contributed by atoms with Crippen LogP contribution in [0.15, 0.2) is 42.5 Å². The quantitative estimate of drug-likeness (QED) is 0.652. The van der Waals surface area contributed by atoms with Gasteiger partial charge in [-0.05, 0) is 24.3 Å². The third kappa shape index (κ3) is 3.15. The second-order valence-electron chi connectivity index (χ2n) is 3.93. The molecule has 1 amide bonds. The Hall–Kier alpha value is -2.80. The average Bonchev–Trinajstić information content (AvgIpc) is 2.47. The Bertz CT molecular complexity index is 640. The van der Waals surface area contributed by atoms with Crippen molar-refractivity contribution in [2.75, 3.05) is 5.32 Å². The fourth-order valence-corrected chi connectivity index (χ4v) is 1.56. The standard InChI is InChI=1S/C13H11N3O4/c17-8-10-2-1-3-12(14-10)15-13(18)9-4-6-11(7-5-9)16(19)20/h1-7,17H,8H2,(H,14,15,18). The molecule has 7 heteroatoms. The molecule has 0 spiro atoms. The van der Waals surface area contributed by atoms with Crippen molar-refractivity contribution in [1.82, 2.24) is 4.98 Å². The van der Waals surface area contributed by atoms with Gasteiger partial charge < -0.3 is 10.4 Å². The molecule has 0 atom stereocenters. The number of nitro benzene ring substituents is 1. The van der Waals surface area contributed by atoms with Crippen molar-refractivity contribution in [2.45, 2.75) is 6.61 Å². The lowest BCUT2D eigenvalue weighted by molar-refractivity contribution is -0.384. The molecular weight excluding hydrogens is 262 g/mol. The maximum atomic E-state index is 11.9. The Balaban J connectivity index is 2.13. The van der Waals surface area contributed by atoms with Crippen molar-refractivity contribution in [3.8, 4) is 0 Å². The number of amides is 1. The molecule has 0 aliphatic carbocycles. The minimum Gasteiger partial charge on any atom is -0.390 e. The fraction of sp³-hybridized carbons (Fsp3) is 0.0769. The van der Waals surface area contributed by atoms with E-state index in [4.69, 9.17) is 5.11 Å². The highest BCUT2D eigenvalue weighted by molar-refractivity contribution is 6.03. The molecule has 2 N–H and O–H groups in total. The van der Waals surface area contributed by atoms with Crippen molar-refractivity contribution in [3.05, 3.63) is 63.8 Å². The molecule has 2 aromatic rings. The third-order valence-corrected chi connectivity index (χ3v) is 2.55. The highest BCUT2D eigenvalue weighted by atomic mass is 16.6. The number of anilines is 1. The molecule has 0 unspecified atom stereocenters. The Labute approximate surface area is 114 Å². The van der Waals surface area contributed by atoms with E-state index >= 15 is 0 Å². The van der Waals surface area contributed by atoms with Gasteiger partial charge in [-0.1, -0.05) is 6.07 Å². The second-order valence-corrected chi connectivity index (χ2v) is 3.93. The van der Waals surface area contributed by atoms with Gasteiger partial charge in [0.2, 0.25) is 0 Å². The summed E-state index contributed by atoms with van der Waals surface area (Å²) in [5.41, 5.74) is 0.639. The number of carbonyl (C=O) groups is 1. The molecule has 0 radical (unpaired) electrons. The third-order valence-electron chi connectivity index (χ3n) is 2.55. The lowest BCUT2D eigenvalue weighted by Gasteiger charge is -2.05. The minimum atomic E-state index is -0.534. The largest absolute Gasteiger partial charge is 0.390 e. The SMILES string of the molecule is O=C(Nc1cccc(CO)n1)c1ccc([N+](=O)[O-])cc1. The molecule has 0 aliphatic rings. The van der Waals surface area contributed by atoms with Gasteiger partial charge in [0, 0.05) is 17.7 Å². The summed E-state index contributed by atoms with van der Waals surface area (Å²) >= 11 is 0. The van der Waals surface area contributed by atoms with Crippen LogP contribution in [0.4, 0.5) is 11.5 Å². The normalized spacial score (nSPS) is 10.1. The second kappa shape index (κ2) is 5.89. The predicted octanol–water partition coefficient (Wildman–Crippen LogP) is 1.73. The van der Waals surface area contributed by atoms with Gasteiger partial charge in [-0.25, -0.2) is 4.98 Å². The molecule has 0 bridgehead atoms. The molecule has 2 rings (SSSR count). The summed E-state index contributed by atoms with van der Waals surface area (Å²) < 4.78 is 0. The lowest BCUT2D eigenvalue weighted by atomic mass is 10.2. The highest BCUT2D eigenvalue weighted by Gasteiger charge is 2.10. The number of benzene rings is 1. The van der Waals surface area contributed by atoms with Gasteiger partial charge in [-0.15, -0.1) is 0 Å². The van der Waals surface area contributed by atoms with E-state index in [1.165, 1.54) is 24.3 Å². The molecule has 0 saturated carbocycles. The van der Waals surface area contributed by atoms with Gasteiger partial charge in [-0.2, -0.15) is 0 Å². The number of carbonyl (C=O) groups excluding carboxylic acids is 1. The van der Waals surface area contributed by atoms with Gasteiger partial charge in [0.1, 0.15) is 5.82 Å². The molecule has 1 aromatic heterocycles. The maximum Gasteiger partial charge on any atom is 0.269 e. The van der Waals surface area contributed by atoms with Crippen LogP contribution in [0.3, 0.4) is 0 Å². The zero-order valence-corrected chi connectivity index (χ0v) is 10.3. The van der Waals surface area contributed by atoms with Gasteiger partial charge in [0.25, 0.3) is 11.6 Å². The average molecular weight is 273 g/mol.